The Labute approximate surface area is 71.5 Å². The smallest absolute Gasteiger partial charge is 0.126 e. The van der Waals surface area contributed by atoms with Crippen molar-refractivity contribution >= 4 is 0 Å². The van der Waals surface area contributed by atoms with Crippen molar-refractivity contribution < 1.29 is 9.13 Å². The summed E-state index contributed by atoms with van der Waals surface area (Å²) >= 11 is 0. The van der Waals surface area contributed by atoms with Crippen molar-refractivity contribution in [1.82, 2.24) is 0 Å². The van der Waals surface area contributed by atoms with Gasteiger partial charge in [0, 0.05) is 6.07 Å². The SMILES string of the molecule is C/C=C/COc1cccc(F)c1. The molecule has 0 aliphatic carbocycles. The minimum Gasteiger partial charge on any atom is -0.489 e. The fourth-order valence-corrected chi connectivity index (χ4v) is 0.797. The quantitative estimate of drug-likeness (QED) is 0.627. The topological polar surface area (TPSA) is 9.23 Å². The molecule has 0 amide bonds. The van der Waals surface area contributed by atoms with Crippen LogP contribution in [0.2, 0.25) is 0 Å². The minimum absolute atomic E-state index is 0.270. The Morgan fingerprint density at radius 1 is 1.50 bits per heavy atom. The first-order chi connectivity index (χ1) is 5.83. The van der Waals surface area contributed by atoms with E-state index in [-0.39, 0.29) is 5.82 Å². The van der Waals surface area contributed by atoms with E-state index in [9.17, 15) is 4.39 Å². The molecule has 0 aliphatic rings. The number of benzene rings is 1. The summed E-state index contributed by atoms with van der Waals surface area (Å²) in [6.07, 6.45) is 3.75. The first-order valence-electron chi connectivity index (χ1n) is 3.82. The molecule has 1 rings (SSSR count). The van der Waals surface area contributed by atoms with Crippen LogP contribution in [-0.4, -0.2) is 6.61 Å². The van der Waals surface area contributed by atoms with Gasteiger partial charge in [0.05, 0.1) is 0 Å². The molecule has 0 unspecified atom stereocenters. The molecule has 1 aromatic carbocycles. The third-order valence-electron chi connectivity index (χ3n) is 1.38. The maximum absolute atomic E-state index is 12.6. The average Bonchev–Trinajstić information content (AvgIpc) is 2.05. The van der Waals surface area contributed by atoms with Crippen LogP contribution in [0.3, 0.4) is 0 Å². The molecule has 1 nitrogen and oxygen atoms in total. The van der Waals surface area contributed by atoms with Crippen LogP contribution in [-0.2, 0) is 0 Å². The molecule has 12 heavy (non-hydrogen) atoms. The summed E-state index contributed by atoms with van der Waals surface area (Å²) in [6.45, 7) is 2.40. The molecule has 0 heterocycles. The van der Waals surface area contributed by atoms with Gasteiger partial charge in [-0.15, -0.1) is 0 Å². The number of halogens is 1. The summed E-state index contributed by atoms with van der Waals surface area (Å²) < 4.78 is 17.8. The highest BCUT2D eigenvalue weighted by molar-refractivity contribution is 5.22. The van der Waals surface area contributed by atoms with Gasteiger partial charge in [-0.3, -0.25) is 0 Å². The van der Waals surface area contributed by atoms with Gasteiger partial charge in [0.15, 0.2) is 0 Å². The Hall–Kier alpha value is -1.31. The molecular weight excluding hydrogens is 155 g/mol. The van der Waals surface area contributed by atoms with Crippen LogP contribution in [0.15, 0.2) is 36.4 Å². The predicted octanol–water partition coefficient (Wildman–Crippen LogP) is 2.78. The fourth-order valence-electron chi connectivity index (χ4n) is 0.797. The number of hydrogen-bond donors (Lipinski definition) is 0. The number of hydrogen-bond acceptors (Lipinski definition) is 1. The maximum atomic E-state index is 12.6. The van der Waals surface area contributed by atoms with E-state index in [0.29, 0.717) is 12.4 Å². The van der Waals surface area contributed by atoms with E-state index >= 15 is 0 Å². The Bertz CT molecular complexity index is 268. The summed E-state index contributed by atoms with van der Waals surface area (Å²) in [6, 6.07) is 6.11. The van der Waals surface area contributed by atoms with Crippen molar-refractivity contribution in [3.8, 4) is 5.75 Å². The second-order valence-corrected chi connectivity index (χ2v) is 2.34. The van der Waals surface area contributed by atoms with Gasteiger partial charge in [-0.1, -0.05) is 18.2 Å². The van der Waals surface area contributed by atoms with Crippen LogP contribution in [0.25, 0.3) is 0 Å². The van der Waals surface area contributed by atoms with Crippen molar-refractivity contribution in [2.24, 2.45) is 0 Å². The largest absolute Gasteiger partial charge is 0.489 e. The monoisotopic (exact) mass is 166 g/mol. The zero-order chi connectivity index (χ0) is 8.81. The summed E-state index contributed by atoms with van der Waals surface area (Å²) in [5.74, 6) is 0.293. The highest BCUT2D eigenvalue weighted by Gasteiger charge is 1.92. The molecule has 0 N–H and O–H groups in total. The number of allylic oxidation sites excluding steroid dienone is 1. The molecular formula is C10H11FO. The second kappa shape index (κ2) is 4.54. The second-order valence-electron chi connectivity index (χ2n) is 2.34. The molecule has 2 heteroatoms. The summed E-state index contributed by atoms with van der Waals surface area (Å²) in [5.41, 5.74) is 0. The van der Waals surface area contributed by atoms with Crippen LogP contribution >= 0.6 is 0 Å². The first kappa shape index (κ1) is 8.78. The van der Waals surface area contributed by atoms with Gasteiger partial charge >= 0.3 is 0 Å². The van der Waals surface area contributed by atoms with Gasteiger partial charge in [-0.25, -0.2) is 4.39 Å². The lowest BCUT2D eigenvalue weighted by molar-refractivity contribution is 0.360. The van der Waals surface area contributed by atoms with Gasteiger partial charge in [0.1, 0.15) is 18.2 Å². The lowest BCUT2D eigenvalue weighted by Gasteiger charge is -2.01. The van der Waals surface area contributed by atoms with Crippen LogP contribution in [0, 0.1) is 5.82 Å². The molecule has 0 radical (unpaired) electrons. The third kappa shape index (κ3) is 2.74. The van der Waals surface area contributed by atoms with Crippen LogP contribution in [0.4, 0.5) is 4.39 Å². The number of rotatable bonds is 3. The van der Waals surface area contributed by atoms with E-state index in [2.05, 4.69) is 0 Å². The van der Waals surface area contributed by atoms with E-state index in [0.717, 1.165) is 0 Å². The van der Waals surface area contributed by atoms with E-state index in [1.807, 2.05) is 19.1 Å². The van der Waals surface area contributed by atoms with Gasteiger partial charge in [0.2, 0.25) is 0 Å². The van der Waals surface area contributed by atoms with Gasteiger partial charge in [-0.05, 0) is 19.1 Å². The molecule has 0 atom stereocenters. The Balaban J connectivity index is 2.52. The average molecular weight is 166 g/mol. The zero-order valence-electron chi connectivity index (χ0n) is 6.96. The van der Waals surface area contributed by atoms with Crippen molar-refractivity contribution in [1.29, 1.82) is 0 Å². The highest BCUT2D eigenvalue weighted by Crippen LogP contribution is 2.11. The zero-order valence-corrected chi connectivity index (χ0v) is 6.96. The summed E-state index contributed by atoms with van der Waals surface area (Å²) in [5, 5.41) is 0. The van der Waals surface area contributed by atoms with Crippen molar-refractivity contribution in [3.63, 3.8) is 0 Å². The summed E-state index contributed by atoms with van der Waals surface area (Å²) in [7, 11) is 0. The van der Waals surface area contributed by atoms with Gasteiger partial charge in [0.25, 0.3) is 0 Å². The van der Waals surface area contributed by atoms with Gasteiger partial charge in [-0.2, -0.15) is 0 Å². The van der Waals surface area contributed by atoms with E-state index < -0.39 is 0 Å². The lowest BCUT2D eigenvalue weighted by atomic mass is 10.3. The number of ether oxygens (including phenoxy) is 1. The minimum atomic E-state index is -0.270. The molecule has 0 spiro atoms. The highest BCUT2D eigenvalue weighted by atomic mass is 19.1. The summed E-state index contributed by atoms with van der Waals surface area (Å²) in [4.78, 5) is 0. The van der Waals surface area contributed by atoms with Crippen LogP contribution in [0.5, 0.6) is 5.75 Å². The van der Waals surface area contributed by atoms with Crippen molar-refractivity contribution in [3.05, 3.63) is 42.2 Å². The Kier molecular flexibility index (Phi) is 3.33. The molecule has 1 aromatic rings. The predicted molar refractivity (Wildman–Crippen MR) is 46.7 cm³/mol. The maximum Gasteiger partial charge on any atom is 0.126 e. The van der Waals surface area contributed by atoms with Crippen LogP contribution in [0.1, 0.15) is 6.92 Å². The molecule has 0 saturated carbocycles. The molecule has 0 bridgehead atoms. The molecule has 64 valence electrons. The van der Waals surface area contributed by atoms with Crippen molar-refractivity contribution in [2.75, 3.05) is 6.61 Å². The molecule has 0 aliphatic heterocycles. The van der Waals surface area contributed by atoms with Crippen LogP contribution < -0.4 is 4.74 Å². The van der Waals surface area contributed by atoms with Gasteiger partial charge < -0.3 is 4.74 Å². The van der Waals surface area contributed by atoms with E-state index in [1.54, 1.807) is 12.1 Å². The third-order valence-corrected chi connectivity index (χ3v) is 1.38. The molecule has 0 aromatic heterocycles. The Morgan fingerprint density at radius 3 is 3.00 bits per heavy atom. The van der Waals surface area contributed by atoms with E-state index in [4.69, 9.17) is 4.74 Å². The lowest BCUT2D eigenvalue weighted by Crippen LogP contribution is -1.92. The van der Waals surface area contributed by atoms with E-state index in [1.165, 1.54) is 12.1 Å². The molecule has 0 saturated heterocycles. The first-order valence-corrected chi connectivity index (χ1v) is 3.82. The fraction of sp³-hybridized carbons (Fsp3) is 0.200. The normalized spacial score (nSPS) is 10.5. The standard InChI is InChI=1S/C10H11FO/c1-2-3-7-12-10-6-4-5-9(11)8-10/h2-6,8H,7H2,1H3/b3-2+. The van der Waals surface area contributed by atoms with Crippen molar-refractivity contribution in [2.45, 2.75) is 6.92 Å². The Morgan fingerprint density at radius 2 is 2.33 bits per heavy atom. The molecule has 0 fully saturated rings.